The lowest BCUT2D eigenvalue weighted by molar-refractivity contribution is 0.205. The van der Waals surface area contributed by atoms with E-state index in [0.29, 0.717) is 17.3 Å². The number of aryl methyl sites for hydroxylation is 1. The molecule has 0 aliphatic rings. The molecule has 0 saturated carbocycles. The zero-order valence-electron chi connectivity index (χ0n) is 11.3. The Morgan fingerprint density at radius 1 is 1.47 bits per heavy atom. The molecule has 0 bridgehead atoms. The predicted molar refractivity (Wildman–Crippen MR) is 78.9 cm³/mol. The van der Waals surface area contributed by atoms with Gasteiger partial charge in [-0.15, -0.1) is 0 Å². The fourth-order valence-corrected chi connectivity index (χ4v) is 3.03. The smallest absolute Gasteiger partial charge is 0.123 e. The van der Waals surface area contributed by atoms with Crippen LogP contribution in [-0.4, -0.2) is 40.4 Å². The van der Waals surface area contributed by atoms with Crippen LogP contribution in [0.2, 0.25) is 5.02 Å². The van der Waals surface area contributed by atoms with Crippen molar-refractivity contribution in [2.75, 3.05) is 20.6 Å². The summed E-state index contributed by atoms with van der Waals surface area (Å²) in [4.78, 5) is 2.07. The van der Waals surface area contributed by atoms with E-state index in [-0.39, 0.29) is 0 Å². The Morgan fingerprint density at radius 2 is 2.21 bits per heavy atom. The highest BCUT2D eigenvalue weighted by molar-refractivity contribution is 7.08. The number of hydrogen-bond acceptors (Lipinski definition) is 4. The van der Waals surface area contributed by atoms with Crippen molar-refractivity contribution in [2.24, 2.45) is 0 Å². The summed E-state index contributed by atoms with van der Waals surface area (Å²) in [5, 5.41) is 19.3. The van der Waals surface area contributed by atoms with Gasteiger partial charge in [0.25, 0.3) is 0 Å². The van der Waals surface area contributed by atoms with Gasteiger partial charge in [0.05, 0.1) is 23.5 Å². The normalized spacial score (nSPS) is 13.2. The van der Waals surface area contributed by atoms with Crippen molar-refractivity contribution in [2.45, 2.75) is 19.6 Å². The fraction of sp³-hybridized carbons (Fsp3) is 0.462. The highest BCUT2D eigenvalue weighted by Crippen LogP contribution is 2.31. The van der Waals surface area contributed by atoms with Crippen molar-refractivity contribution in [3.8, 4) is 0 Å². The maximum absolute atomic E-state index is 10.5. The second-order valence-electron chi connectivity index (χ2n) is 4.82. The SMILES string of the molecule is Cc1cscc1C(O)c1c(Cl)cnn1CCN(C)C. The summed E-state index contributed by atoms with van der Waals surface area (Å²) in [5.74, 6) is 0. The van der Waals surface area contributed by atoms with Crippen LogP contribution in [-0.2, 0) is 6.54 Å². The number of halogens is 1. The molecule has 0 aromatic carbocycles. The fourth-order valence-electron chi connectivity index (χ4n) is 1.91. The summed E-state index contributed by atoms with van der Waals surface area (Å²) in [6.45, 7) is 3.54. The molecule has 2 aromatic heterocycles. The van der Waals surface area contributed by atoms with E-state index in [4.69, 9.17) is 11.6 Å². The van der Waals surface area contributed by atoms with Crippen LogP contribution in [0.5, 0.6) is 0 Å². The number of rotatable bonds is 5. The Kier molecular flexibility index (Phi) is 4.62. The number of likely N-dealkylation sites (N-methyl/N-ethyl adjacent to an activating group) is 1. The van der Waals surface area contributed by atoms with Crippen molar-refractivity contribution in [3.05, 3.63) is 38.8 Å². The topological polar surface area (TPSA) is 41.3 Å². The van der Waals surface area contributed by atoms with Gasteiger partial charge < -0.3 is 10.0 Å². The third-order valence-electron chi connectivity index (χ3n) is 3.04. The maximum Gasteiger partial charge on any atom is 0.123 e. The van der Waals surface area contributed by atoms with E-state index in [9.17, 15) is 5.11 Å². The first kappa shape index (κ1) is 14.5. The molecule has 2 aromatic rings. The minimum atomic E-state index is -0.719. The molecular weight excluding hydrogens is 282 g/mol. The third-order valence-corrected chi connectivity index (χ3v) is 4.21. The van der Waals surface area contributed by atoms with Gasteiger partial charge in [-0.1, -0.05) is 11.6 Å². The molecule has 1 unspecified atom stereocenters. The largest absolute Gasteiger partial charge is 0.382 e. The highest BCUT2D eigenvalue weighted by atomic mass is 35.5. The van der Waals surface area contributed by atoms with Crippen LogP contribution in [0.1, 0.15) is 22.9 Å². The summed E-state index contributed by atoms with van der Waals surface area (Å²) >= 11 is 7.75. The molecule has 1 N–H and O–H groups in total. The summed E-state index contributed by atoms with van der Waals surface area (Å²) in [5.41, 5.74) is 2.65. The molecule has 0 fully saturated rings. The monoisotopic (exact) mass is 299 g/mol. The lowest BCUT2D eigenvalue weighted by Crippen LogP contribution is -2.21. The molecule has 4 nitrogen and oxygen atoms in total. The van der Waals surface area contributed by atoms with Gasteiger partial charge in [0.1, 0.15) is 6.10 Å². The molecule has 0 radical (unpaired) electrons. The van der Waals surface area contributed by atoms with Gasteiger partial charge in [-0.25, -0.2) is 0 Å². The van der Waals surface area contributed by atoms with E-state index < -0.39 is 6.10 Å². The average Bonchev–Trinajstić information content (AvgIpc) is 2.92. The molecule has 0 saturated heterocycles. The van der Waals surface area contributed by atoms with Gasteiger partial charge >= 0.3 is 0 Å². The van der Waals surface area contributed by atoms with Crippen LogP contribution in [0.3, 0.4) is 0 Å². The minimum absolute atomic E-state index is 0.511. The van der Waals surface area contributed by atoms with Gasteiger partial charge in [0.15, 0.2) is 0 Å². The van der Waals surface area contributed by atoms with E-state index >= 15 is 0 Å². The number of hydrogen-bond donors (Lipinski definition) is 1. The first-order chi connectivity index (χ1) is 9.00. The molecule has 0 spiro atoms. The van der Waals surface area contributed by atoms with E-state index in [1.807, 2.05) is 31.8 Å². The van der Waals surface area contributed by atoms with Crippen LogP contribution in [0.15, 0.2) is 17.0 Å². The Labute approximate surface area is 122 Å². The van der Waals surface area contributed by atoms with E-state index in [0.717, 1.165) is 17.7 Å². The van der Waals surface area contributed by atoms with Gasteiger partial charge in [0, 0.05) is 12.1 Å². The molecule has 0 aliphatic carbocycles. The van der Waals surface area contributed by atoms with Crippen LogP contribution in [0.25, 0.3) is 0 Å². The average molecular weight is 300 g/mol. The van der Waals surface area contributed by atoms with E-state index in [1.54, 1.807) is 22.2 Å². The molecule has 104 valence electrons. The molecule has 2 rings (SSSR count). The van der Waals surface area contributed by atoms with Gasteiger partial charge in [0.2, 0.25) is 0 Å². The third kappa shape index (κ3) is 3.17. The van der Waals surface area contributed by atoms with Crippen LogP contribution < -0.4 is 0 Å². The van der Waals surface area contributed by atoms with Crippen molar-refractivity contribution in [1.29, 1.82) is 0 Å². The Morgan fingerprint density at radius 3 is 2.79 bits per heavy atom. The predicted octanol–water partition coefficient (Wildman–Crippen LogP) is 2.55. The van der Waals surface area contributed by atoms with Crippen molar-refractivity contribution in [1.82, 2.24) is 14.7 Å². The van der Waals surface area contributed by atoms with Gasteiger partial charge in [-0.2, -0.15) is 16.4 Å². The molecule has 0 aliphatic heterocycles. The molecule has 6 heteroatoms. The molecule has 19 heavy (non-hydrogen) atoms. The molecular formula is C13H18ClN3OS. The summed E-state index contributed by atoms with van der Waals surface area (Å²) in [6.07, 6.45) is 0.876. The number of nitrogens with zero attached hydrogens (tertiary/aromatic N) is 3. The summed E-state index contributed by atoms with van der Waals surface area (Å²) in [6, 6.07) is 0. The molecule has 2 heterocycles. The highest BCUT2D eigenvalue weighted by Gasteiger charge is 2.21. The van der Waals surface area contributed by atoms with Gasteiger partial charge in [-0.3, -0.25) is 4.68 Å². The van der Waals surface area contributed by atoms with Gasteiger partial charge in [-0.05, 0) is 37.3 Å². The number of aliphatic hydroxyl groups is 1. The Bertz CT molecular complexity index is 550. The van der Waals surface area contributed by atoms with E-state index in [1.165, 1.54) is 0 Å². The lowest BCUT2D eigenvalue weighted by Gasteiger charge is -2.16. The lowest BCUT2D eigenvalue weighted by atomic mass is 10.1. The second-order valence-corrected chi connectivity index (χ2v) is 5.97. The van der Waals surface area contributed by atoms with Crippen molar-refractivity contribution < 1.29 is 5.11 Å². The Balaban J connectivity index is 2.28. The van der Waals surface area contributed by atoms with E-state index in [2.05, 4.69) is 10.00 Å². The maximum atomic E-state index is 10.5. The van der Waals surface area contributed by atoms with Crippen LogP contribution >= 0.6 is 22.9 Å². The van der Waals surface area contributed by atoms with Crippen LogP contribution in [0.4, 0.5) is 0 Å². The minimum Gasteiger partial charge on any atom is -0.382 e. The van der Waals surface area contributed by atoms with Crippen molar-refractivity contribution in [3.63, 3.8) is 0 Å². The molecule has 1 atom stereocenters. The summed E-state index contributed by atoms with van der Waals surface area (Å²) in [7, 11) is 4.01. The zero-order valence-corrected chi connectivity index (χ0v) is 12.9. The second kappa shape index (κ2) is 6.05. The number of aliphatic hydroxyl groups excluding tert-OH is 1. The standard InChI is InChI=1S/C13H18ClN3OS/c1-9-7-19-8-10(9)13(18)12-11(14)6-15-17(12)5-4-16(2)3/h6-8,13,18H,4-5H2,1-3H3. The quantitative estimate of drug-likeness (QED) is 0.922. The number of aromatic nitrogens is 2. The first-order valence-corrected chi connectivity index (χ1v) is 7.39. The van der Waals surface area contributed by atoms with Crippen molar-refractivity contribution >= 4 is 22.9 Å². The summed E-state index contributed by atoms with van der Waals surface area (Å²) < 4.78 is 1.78. The zero-order chi connectivity index (χ0) is 14.0. The number of thiophene rings is 1. The molecule has 0 amide bonds. The van der Waals surface area contributed by atoms with Crippen LogP contribution in [0, 0.1) is 6.92 Å². The first-order valence-electron chi connectivity index (χ1n) is 6.07. The Hall–Kier alpha value is -0.880.